The van der Waals surface area contributed by atoms with Gasteiger partial charge in [-0.25, -0.2) is 0 Å². The van der Waals surface area contributed by atoms with E-state index in [1.807, 2.05) is 135 Å². The molecule has 0 amide bonds. The molecule has 2 nitrogen and oxygen atoms in total. The maximum absolute atomic E-state index is 15.1. The molecule has 4 aromatic rings. The highest BCUT2D eigenvalue weighted by Crippen LogP contribution is 2.61. The Hall–Kier alpha value is -2.66. The monoisotopic (exact) mass is 458 g/mol. The SMILES string of the molecule is CC(C)(CP(=O)(c1ccccc1)c1ccccc1)P(=O)(c1ccccc1)c1ccccc1. The molecule has 0 fully saturated rings. The Bertz CT molecular complexity index is 1170. The Morgan fingerprint density at radius 1 is 0.500 bits per heavy atom. The number of benzene rings is 4. The molecule has 0 bridgehead atoms. The Balaban J connectivity index is 1.91. The summed E-state index contributed by atoms with van der Waals surface area (Å²) in [6, 6.07) is 38.6. The van der Waals surface area contributed by atoms with E-state index in [0.29, 0.717) is 6.16 Å². The van der Waals surface area contributed by atoms with E-state index in [1.54, 1.807) is 0 Å². The van der Waals surface area contributed by atoms with Gasteiger partial charge in [-0.1, -0.05) is 135 Å². The number of rotatable bonds is 7. The van der Waals surface area contributed by atoms with Crippen molar-refractivity contribution in [2.75, 3.05) is 6.16 Å². The zero-order valence-corrected chi connectivity index (χ0v) is 20.3. The van der Waals surface area contributed by atoms with Crippen molar-refractivity contribution in [2.45, 2.75) is 19.0 Å². The van der Waals surface area contributed by atoms with E-state index in [-0.39, 0.29) is 0 Å². The molecule has 0 saturated heterocycles. The molecule has 162 valence electrons. The molecule has 32 heavy (non-hydrogen) atoms. The number of hydrogen-bond acceptors (Lipinski definition) is 2. The van der Waals surface area contributed by atoms with Crippen molar-refractivity contribution in [3.8, 4) is 0 Å². The highest BCUT2D eigenvalue weighted by Gasteiger charge is 2.47. The fourth-order valence-corrected chi connectivity index (χ4v) is 11.8. The van der Waals surface area contributed by atoms with Crippen LogP contribution in [0.1, 0.15) is 13.8 Å². The fraction of sp³-hybridized carbons (Fsp3) is 0.143. The van der Waals surface area contributed by atoms with E-state index in [4.69, 9.17) is 0 Å². The normalized spacial score (nSPS) is 12.4. The summed E-state index contributed by atoms with van der Waals surface area (Å²) in [6.45, 7) is 4.01. The van der Waals surface area contributed by atoms with E-state index in [0.717, 1.165) is 21.2 Å². The summed E-state index contributed by atoms with van der Waals surface area (Å²) in [7, 11) is -6.19. The summed E-state index contributed by atoms with van der Waals surface area (Å²) in [5, 5.41) is 2.43. The van der Waals surface area contributed by atoms with Crippen LogP contribution in [0, 0.1) is 0 Å². The van der Waals surface area contributed by atoms with E-state index >= 15 is 4.57 Å². The second kappa shape index (κ2) is 9.07. The fourth-order valence-electron chi connectivity index (χ4n) is 4.44. The third kappa shape index (κ3) is 4.06. The van der Waals surface area contributed by atoms with Gasteiger partial charge in [-0.3, -0.25) is 0 Å². The summed E-state index contributed by atoms with van der Waals surface area (Å²) in [5.74, 6) is 0. The van der Waals surface area contributed by atoms with Gasteiger partial charge in [0.15, 0.2) is 0 Å². The molecule has 0 N–H and O–H groups in total. The molecule has 0 aromatic heterocycles. The van der Waals surface area contributed by atoms with Crippen molar-refractivity contribution in [3.63, 3.8) is 0 Å². The van der Waals surface area contributed by atoms with Crippen molar-refractivity contribution in [1.29, 1.82) is 0 Å². The van der Waals surface area contributed by atoms with Crippen LogP contribution in [0.2, 0.25) is 0 Å². The minimum Gasteiger partial charge on any atom is -0.314 e. The smallest absolute Gasteiger partial charge is 0.149 e. The lowest BCUT2D eigenvalue weighted by molar-refractivity contribution is 0.556. The van der Waals surface area contributed by atoms with Gasteiger partial charge in [-0.15, -0.1) is 0 Å². The van der Waals surface area contributed by atoms with Gasteiger partial charge in [-0.2, -0.15) is 0 Å². The standard InChI is InChI=1S/C28H28O2P2/c1-28(2,32(30,26-19-11-5-12-20-26)27-21-13-6-14-22-27)23-31(29,24-15-7-3-8-16-24)25-17-9-4-10-18-25/h3-22H,23H2,1-2H3. The van der Waals surface area contributed by atoms with Gasteiger partial charge in [0.25, 0.3) is 0 Å². The Morgan fingerprint density at radius 2 is 0.781 bits per heavy atom. The van der Waals surface area contributed by atoms with Crippen LogP contribution in [0.3, 0.4) is 0 Å². The third-order valence-corrected chi connectivity index (χ3v) is 13.7. The van der Waals surface area contributed by atoms with Gasteiger partial charge in [0.1, 0.15) is 14.3 Å². The summed E-state index contributed by atoms with van der Waals surface area (Å²) in [6.07, 6.45) is 0.301. The second-order valence-electron chi connectivity index (χ2n) is 8.66. The van der Waals surface area contributed by atoms with Crippen LogP contribution in [0.4, 0.5) is 0 Å². The van der Waals surface area contributed by atoms with Crippen molar-refractivity contribution in [2.24, 2.45) is 0 Å². The molecule has 0 aliphatic rings. The lowest BCUT2D eigenvalue weighted by Crippen LogP contribution is -2.38. The van der Waals surface area contributed by atoms with Crippen LogP contribution in [0.15, 0.2) is 121 Å². The minimum atomic E-state index is -3.14. The summed E-state index contributed by atoms with van der Waals surface area (Å²) >= 11 is 0. The first kappa shape index (κ1) is 22.5. The van der Waals surface area contributed by atoms with Crippen LogP contribution < -0.4 is 21.2 Å². The topological polar surface area (TPSA) is 34.1 Å². The van der Waals surface area contributed by atoms with Gasteiger partial charge < -0.3 is 9.13 Å². The summed E-state index contributed by atoms with van der Waals surface area (Å²) in [5.41, 5.74) is 0. The Labute approximate surface area is 191 Å². The van der Waals surface area contributed by atoms with Crippen molar-refractivity contribution in [3.05, 3.63) is 121 Å². The highest BCUT2D eigenvalue weighted by molar-refractivity contribution is 7.83. The molecule has 0 aliphatic carbocycles. The zero-order chi connectivity index (χ0) is 22.7. The Morgan fingerprint density at radius 3 is 1.09 bits per heavy atom. The first-order valence-electron chi connectivity index (χ1n) is 10.8. The van der Waals surface area contributed by atoms with Crippen molar-refractivity contribution < 1.29 is 9.13 Å². The highest BCUT2D eigenvalue weighted by atomic mass is 31.2. The maximum atomic E-state index is 15.1. The minimum absolute atomic E-state index is 0.301. The molecule has 0 spiro atoms. The van der Waals surface area contributed by atoms with E-state index in [9.17, 15) is 4.57 Å². The van der Waals surface area contributed by atoms with Crippen LogP contribution in [-0.2, 0) is 9.13 Å². The van der Waals surface area contributed by atoms with Gasteiger partial charge >= 0.3 is 0 Å². The van der Waals surface area contributed by atoms with Crippen LogP contribution in [0.25, 0.3) is 0 Å². The first-order chi connectivity index (χ1) is 15.4. The third-order valence-electron chi connectivity index (χ3n) is 6.05. The molecule has 0 saturated carbocycles. The van der Waals surface area contributed by atoms with Crippen LogP contribution >= 0.6 is 14.3 Å². The van der Waals surface area contributed by atoms with E-state index < -0.39 is 19.4 Å². The van der Waals surface area contributed by atoms with Crippen molar-refractivity contribution in [1.82, 2.24) is 0 Å². The molecule has 0 heterocycles. The lowest BCUT2D eigenvalue weighted by Gasteiger charge is -2.38. The molecule has 0 atom stereocenters. The van der Waals surface area contributed by atoms with Gasteiger partial charge in [-0.05, 0) is 0 Å². The average molecular weight is 458 g/mol. The Kier molecular flexibility index (Phi) is 6.38. The zero-order valence-electron chi connectivity index (χ0n) is 18.5. The maximum Gasteiger partial charge on any atom is 0.149 e. The molecule has 4 rings (SSSR count). The lowest BCUT2D eigenvalue weighted by atomic mass is 10.2. The molecular weight excluding hydrogens is 430 g/mol. The average Bonchev–Trinajstić information content (AvgIpc) is 2.85. The predicted molar refractivity (Wildman–Crippen MR) is 138 cm³/mol. The molecule has 0 unspecified atom stereocenters. The molecule has 4 aromatic carbocycles. The van der Waals surface area contributed by atoms with Gasteiger partial charge in [0, 0.05) is 32.5 Å². The first-order valence-corrected chi connectivity index (χ1v) is 14.4. The molecule has 0 radical (unpaired) electrons. The van der Waals surface area contributed by atoms with E-state index in [2.05, 4.69) is 0 Å². The van der Waals surface area contributed by atoms with Crippen molar-refractivity contribution >= 4 is 35.5 Å². The molecule has 0 aliphatic heterocycles. The number of hydrogen-bond donors (Lipinski definition) is 0. The predicted octanol–water partition coefficient (Wildman–Crippen LogP) is 5.79. The molecule has 4 heteroatoms. The summed E-state index contributed by atoms with van der Waals surface area (Å²) in [4.78, 5) is 0. The largest absolute Gasteiger partial charge is 0.314 e. The quantitative estimate of drug-likeness (QED) is 0.329. The summed E-state index contributed by atoms with van der Waals surface area (Å²) < 4.78 is 29.9. The van der Waals surface area contributed by atoms with Crippen LogP contribution in [-0.4, -0.2) is 11.3 Å². The van der Waals surface area contributed by atoms with E-state index in [1.165, 1.54) is 0 Å². The second-order valence-corrected chi connectivity index (χ2v) is 15.0. The molecular formula is C28H28O2P2. The van der Waals surface area contributed by atoms with Gasteiger partial charge in [0.2, 0.25) is 0 Å². The van der Waals surface area contributed by atoms with Crippen LogP contribution in [0.5, 0.6) is 0 Å². The van der Waals surface area contributed by atoms with Gasteiger partial charge in [0.05, 0.1) is 0 Å².